The standard InChI is InChI=1S/C22H27N3O3/c1-2-24-9-11-25(12-10-24)19-6-4-18(5-7-19)23-22(26)16-17-3-8-20-21(15-17)28-14-13-27-20/h3-8,15H,2,9-14,16H2,1H3,(H,23,26). The third-order valence-electron chi connectivity index (χ3n) is 5.31. The maximum absolute atomic E-state index is 12.4. The van der Waals surface area contributed by atoms with E-state index in [1.165, 1.54) is 5.69 Å². The lowest BCUT2D eigenvalue weighted by atomic mass is 10.1. The molecule has 148 valence electrons. The van der Waals surface area contributed by atoms with E-state index in [2.05, 4.69) is 34.2 Å². The Labute approximate surface area is 166 Å². The number of nitrogens with zero attached hydrogens (tertiary/aromatic N) is 2. The molecule has 1 N–H and O–H groups in total. The molecule has 2 heterocycles. The van der Waals surface area contributed by atoms with Crippen molar-refractivity contribution in [2.45, 2.75) is 13.3 Å². The van der Waals surface area contributed by atoms with E-state index in [4.69, 9.17) is 9.47 Å². The number of fused-ring (bicyclic) bond motifs is 1. The van der Waals surface area contributed by atoms with Gasteiger partial charge in [0.2, 0.25) is 5.91 Å². The molecule has 0 saturated carbocycles. The summed E-state index contributed by atoms with van der Waals surface area (Å²) in [6, 6.07) is 13.8. The monoisotopic (exact) mass is 381 g/mol. The second-order valence-electron chi connectivity index (χ2n) is 7.17. The number of ether oxygens (including phenoxy) is 2. The van der Waals surface area contributed by atoms with Gasteiger partial charge in [-0.05, 0) is 48.5 Å². The van der Waals surface area contributed by atoms with Crippen LogP contribution in [0.4, 0.5) is 11.4 Å². The van der Waals surface area contributed by atoms with Gasteiger partial charge in [-0.1, -0.05) is 13.0 Å². The summed E-state index contributed by atoms with van der Waals surface area (Å²) in [4.78, 5) is 17.3. The molecule has 0 aromatic heterocycles. The van der Waals surface area contributed by atoms with Crippen molar-refractivity contribution in [1.29, 1.82) is 0 Å². The number of benzene rings is 2. The van der Waals surface area contributed by atoms with Crippen LogP contribution in [-0.4, -0.2) is 56.7 Å². The Kier molecular flexibility index (Phi) is 5.67. The summed E-state index contributed by atoms with van der Waals surface area (Å²) in [5.74, 6) is 1.41. The Bertz CT molecular complexity index is 814. The van der Waals surface area contributed by atoms with Gasteiger partial charge in [-0.2, -0.15) is 0 Å². The third-order valence-corrected chi connectivity index (χ3v) is 5.31. The van der Waals surface area contributed by atoms with E-state index in [0.717, 1.165) is 49.7 Å². The molecule has 0 atom stereocenters. The average molecular weight is 381 g/mol. The first-order chi connectivity index (χ1) is 13.7. The highest BCUT2D eigenvalue weighted by Gasteiger charge is 2.16. The van der Waals surface area contributed by atoms with Crippen LogP contribution in [0.25, 0.3) is 0 Å². The van der Waals surface area contributed by atoms with Gasteiger partial charge in [0.25, 0.3) is 0 Å². The fraction of sp³-hybridized carbons (Fsp3) is 0.409. The van der Waals surface area contributed by atoms with Gasteiger partial charge < -0.3 is 24.6 Å². The molecule has 1 amide bonds. The van der Waals surface area contributed by atoms with Gasteiger partial charge >= 0.3 is 0 Å². The molecule has 1 saturated heterocycles. The number of rotatable bonds is 5. The molecule has 2 aliphatic heterocycles. The van der Waals surface area contributed by atoms with Gasteiger partial charge in [0.15, 0.2) is 11.5 Å². The van der Waals surface area contributed by atoms with E-state index in [-0.39, 0.29) is 5.91 Å². The minimum absolute atomic E-state index is 0.0408. The number of carbonyl (C=O) groups excluding carboxylic acids is 1. The van der Waals surface area contributed by atoms with Crippen LogP contribution >= 0.6 is 0 Å². The Morgan fingerprint density at radius 1 is 0.964 bits per heavy atom. The summed E-state index contributed by atoms with van der Waals surface area (Å²) in [6.45, 7) is 8.72. The Morgan fingerprint density at radius 2 is 1.68 bits per heavy atom. The van der Waals surface area contributed by atoms with E-state index >= 15 is 0 Å². The molecule has 2 aromatic carbocycles. The molecule has 2 aliphatic rings. The van der Waals surface area contributed by atoms with Gasteiger partial charge in [0.05, 0.1) is 6.42 Å². The minimum Gasteiger partial charge on any atom is -0.486 e. The van der Waals surface area contributed by atoms with Crippen LogP contribution in [0.15, 0.2) is 42.5 Å². The van der Waals surface area contributed by atoms with E-state index in [0.29, 0.717) is 25.4 Å². The second-order valence-corrected chi connectivity index (χ2v) is 7.17. The first-order valence-electron chi connectivity index (χ1n) is 9.97. The van der Waals surface area contributed by atoms with Crippen LogP contribution in [0.2, 0.25) is 0 Å². The van der Waals surface area contributed by atoms with Crippen molar-refractivity contribution in [3.63, 3.8) is 0 Å². The Morgan fingerprint density at radius 3 is 2.39 bits per heavy atom. The van der Waals surface area contributed by atoms with Gasteiger partial charge in [0, 0.05) is 37.6 Å². The van der Waals surface area contributed by atoms with Crippen molar-refractivity contribution >= 4 is 17.3 Å². The highest BCUT2D eigenvalue weighted by Crippen LogP contribution is 2.31. The van der Waals surface area contributed by atoms with Crippen molar-refractivity contribution in [2.75, 3.05) is 56.2 Å². The lowest BCUT2D eigenvalue weighted by Gasteiger charge is -2.35. The Hall–Kier alpha value is -2.73. The van der Waals surface area contributed by atoms with Crippen molar-refractivity contribution < 1.29 is 14.3 Å². The third kappa shape index (κ3) is 4.39. The largest absolute Gasteiger partial charge is 0.486 e. The van der Waals surface area contributed by atoms with Crippen molar-refractivity contribution in [1.82, 2.24) is 4.90 Å². The molecule has 1 fully saturated rings. The van der Waals surface area contributed by atoms with E-state index < -0.39 is 0 Å². The van der Waals surface area contributed by atoms with E-state index in [1.807, 2.05) is 30.3 Å². The highest BCUT2D eigenvalue weighted by atomic mass is 16.6. The number of amides is 1. The lowest BCUT2D eigenvalue weighted by molar-refractivity contribution is -0.115. The molecule has 0 unspecified atom stereocenters. The van der Waals surface area contributed by atoms with Gasteiger partial charge in [-0.25, -0.2) is 0 Å². The normalized spacial score (nSPS) is 16.7. The molecular weight excluding hydrogens is 354 g/mol. The maximum Gasteiger partial charge on any atom is 0.228 e. The summed E-state index contributed by atoms with van der Waals surface area (Å²) in [7, 11) is 0. The van der Waals surface area contributed by atoms with Crippen LogP contribution in [0.1, 0.15) is 12.5 Å². The molecule has 0 bridgehead atoms. The molecule has 0 aliphatic carbocycles. The van der Waals surface area contributed by atoms with Crippen LogP contribution in [0.3, 0.4) is 0 Å². The fourth-order valence-electron chi connectivity index (χ4n) is 3.67. The van der Waals surface area contributed by atoms with Crippen molar-refractivity contribution in [3.8, 4) is 11.5 Å². The zero-order valence-corrected chi connectivity index (χ0v) is 16.3. The van der Waals surface area contributed by atoms with E-state index in [9.17, 15) is 4.79 Å². The first-order valence-corrected chi connectivity index (χ1v) is 9.97. The second kappa shape index (κ2) is 8.52. The number of likely N-dealkylation sites (N-methyl/N-ethyl adjacent to an activating group) is 1. The van der Waals surface area contributed by atoms with Crippen molar-refractivity contribution in [3.05, 3.63) is 48.0 Å². The summed E-state index contributed by atoms with van der Waals surface area (Å²) in [5.41, 5.74) is 2.94. The molecule has 6 heteroatoms. The Balaban J connectivity index is 1.32. The van der Waals surface area contributed by atoms with Gasteiger partial charge in [-0.15, -0.1) is 0 Å². The van der Waals surface area contributed by atoms with Gasteiger partial charge in [0.1, 0.15) is 13.2 Å². The highest BCUT2D eigenvalue weighted by molar-refractivity contribution is 5.92. The number of hydrogen-bond acceptors (Lipinski definition) is 5. The molecule has 6 nitrogen and oxygen atoms in total. The summed E-state index contributed by atoms with van der Waals surface area (Å²) in [5, 5.41) is 2.98. The summed E-state index contributed by atoms with van der Waals surface area (Å²) >= 11 is 0. The predicted octanol–water partition coefficient (Wildman–Crippen LogP) is 2.78. The quantitative estimate of drug-likeness (QED) is 0.863. The van der Waals surface area contributed by atoms with Crippen molar-refractivity contribution in [2.24, 2.45) is 0 Å². The molecule has 0 spiro atoms. The summed E-state index contributed by atoms with van der Waals surface area (Å²) < 4.78 is 11.1. The molecule has 4 rings (SSSR count). The fourth-order valence-corrected chi connectivity index (χ4v) is 3.67. The first kappa shape index (κ1) is 18.6. The zero-order valence-electron chi connectivity index (χ0n) is 16.3. The van der Waals surface area contributed by atoms with Crippen LogP contribution in [0.5, 0.6) is 11.5 Å². The topological polar surface area (TPSA) is 54.0 Å². The lowest BCUT2D eigenvalue weighted by Crippen LogP contribution is -2.46. The average Bonchev–Trinajstić information content (AvgIpc) is 2.74. The number of anilines is 2. The number of hydrogen-bond donors (Lipinski definition) is 1. The van der Waals surface area contributed by atoms with E-state index in [1.54, 1.807) is 0 Å². The van der Waals surface area contributed by atoms with Crippen LogP contribution < -0.4 is 19.7 Å². The zero-order chi connectivity index (χ0) is 19.3. The molecule has 2 aromatic rings. The van der Waals surface area contributed by atoms with Gasteiger partial charge in [-0.3, -0.25) is 4.79 Å². The number of nitrogens with one attached hydrogen (secondary N) is 1. The number of piperazine rings is 1. The van der Waals surface area contributed by atoms with Crippen LogP contribution in [0, 0.1) is 0 Å². The SMILES string of the molecule is CCN1CCN(c2ccc(NC(=O)Cc3ccc4c(c3)OCCO4)cc2)CC1. The molecular formula is C22H27N3O3. The molecule has 28 heavy (non-hydrogen) atoms. The van der Waals surface area contributed by atoms with Crippen LogP contribution in [-0.2, 0) is 11.2 Å². The smallest absolute Gasteiger partial charge is 0.228 e. The predicted molar refractivity (Wildman–Crippen MR) is 111 cm³/mol. The number of carbonyl (C=O) groups is 1. The summed E-state index contributed by atoms with van der Waals surface area (Å²) in [6.07, 6.45) is 0.303. The molecule has 0 radical (unpaired) electrons. The minimum atomic E-state index is -0.0408. The maximum atomic E-state index is 12.4.